The van der Waals surface area contributed by atoms with Gasteiger partial charge in [0.2, 0.25) is 0 Å². The summed E-state index contributed by atoms with van der Waals surface area (Å²) in [6.45, 7) is -0.158. The molecule has 0 aromatic heterocycles. The zero-order valence-corrected chi connectivity index (χ0v) is 30.2. The van der Waals surface area contributed by atoms with Crippen molar-refractivity contribution in [2.24, 2.45) is 0 Å². The number of aliphatic hydroxyl groups excluding tert-OH is 8. The molecule has 15 atom stereocenters. The number of carbonyl (C=O) groups excluding carboxylic acids is 1. The van der Waals surface area contributed by atoms with E-state index in [1.165, 1.54) is 38.3 Å². The van der Waals surface area contributed by atoms with E-state index in [9.17, 15) is 61.0 Å². The van der Waals surface area contributed by atoms with Crippen LogP contribution in [0.3, 0.4) is 0 Å². The van der Waals surface area contributed by atoms with Crippen LogP contribution in [-0.2, 0) is 44.4 Å². The number of benzene rings is 2. The van der Waals surface area contributed by atoms with Crippen LogP contribution in [0.4, 0.5) is 0 Å². The lowest BCUT2D eigenvalue weighted by Crippen LogP contribution is -2.65. The Morgan fingerprint density at radius 2 is 1.38 bits per heavy atom. The number of esters is 1. The molecule has 0 unspecified atom stereocenters. The average Bonchev–Trinajstić information content (AvgIpc) is 3.18. The van der Waals surface area contributed by atoms with Gasteiger partial charge in [0.25, 0.3) is 0 Å². The number of ether oxygens (including phenoxy) is 8. The summed E-state index contributed by atoms with van der Waals surface area (Å²) in [5, 5.41) is 113. The second-order valence-corrected chi connectivity index (χ2v) is 13.5. The lowest BCUT2D eigenvalue weighted by atomic mass is 9.96. The second kappa shape index (κ2) is 19.2. The molecule has 3 heterocycles. The van der Waals surface area contributed by atoms with Gasteiger partial charge in [-0.3, -0.25) is 0 Å². The number of phenolic OH excluding ortho intramolecular Hbond substituents is 3. The first-order valence-electron chi connectivity index (χ1n) is 17.6. The lowest BCUT2D eigenvalue weighted by Gasteiger charge is -2.47. The number of hydrogen-bond acceptors (Lipinski definition) is 20. The Hall–Kier alpha value is -3.71. The third-order valence-electron chi connectivity index (χ3n) is 9.57. The topological polar surface area (TPSA) is 313 Å². The lowest BCUT2D eigenvalue weighted by molar-refractivity contribution is -0.364. The van der Waals surface area contributed by atoms with Gasteiger partial charge in [-0.2, -0.15) is 0 Å². The number of phenols is 3. The molecule has 2 aromatic rings. The Morgan fingerprint density at radius 3 is 2.07 bits per heavy atom. The highest BCUT2D eigenvalue weighted by molar-refractivity contribution is 5.87. The van der Waals surface area contributed by atoms with Crippen molar-refractivity contribution >= 4 is 12.0 Å². The van der Waals surface area contributed by atoms with E-state index >= 15 is 0 Å². The van der Waals surface area contributed by atoms with E-state index in [1.54, 1.807) is 12.1 Å². The SMILES string of the molecule is COc1cc(CCO[C@@H]2O[C@H](CO[C@@H]3O[C@H](CO)[C@@H](O)[C@H](O)[C@H]3O)[C@@H](OC(=O)/C=C/c3ccc(O)c(O)c3)[C@H](O[C@@H]3O[C@@H](C)[C@H](O)[C@@H](O)[C@H]3O)[C@H]2O)ccc1O. The van der Waals surface area contributed by atoms with Crippen molar-refractivity contribution in [3.05, 3.63) is 53.6 Å². The number of carbonyl (C=O) groups is 1. The van der Waals surface area contributed by atoms with E-state index in [0.717, 1.165) is 12.1 Å². The molecule has 3 aliphatic heterocycles. The molecule has 5 rings (SSSR count). The molecule has 0 aliphatic carbocycles. The van der Waals surface area contributed by atoms with E-state index < -0.39 is 123 Å². The predicted octanol–water partition coefficient (Wildman–Crippen LogP) is -2.89. The summed E-state index contributed by atoms with van der Waals surface area (Å²) >= 11 is 0. The summed E-state index contributed by atoms with van der Waals surface area (Å²) in [7, 11) is 1.37. The minimum Gasteiger partial charge on any atom is -0.504 e. The van der Waals surface area contributed by atoms with Crippen LogP contribution < -0.4 is 4.74 Å². The van der Waals surface area contributed by atoms with Gasteiger partial charge in [0, 0.05) is 6.08 Å². The van der Waals surface area contributed by atoms with Crippen molar-refractivity contribution in [1.29, 1.82) is 0 Å². The van der Waals surface area contributed by atoms with Gasteiger partial charge in [0.1, 0.15) is 61.0 Å². The van der Waals surface area contributed by atoms with E-state index in [-0.39, 0.29) is 30.1 Å². The molecule has 20 heteroatoms. The maximum absolute atomic E-state index is 13.3. The van der Waals surface area contributed by atoms with Crippen molar-refractivity contribution in [3.63, 3.8) is 0 Å². The minimum absolute atomic E-state index is 0.0961. The number of aromatic hydroxyl groups is 3. The van der Waals surface area contributed by atoms with Gasteiger partial charge in [-0.25, -0.2) is 4.79 Å². The Labute approximate surface area is 319 Å². The molecule has 0 bridgehead atoms. The molecule has 3 fully saturated rings. The summed E-state index contributed by atoms with van der Waals surface area (Å²) in [5.41, 5.74) is 0.925. The first-order valence-corrected chi connectivity index (χ1v) is 17.6. The summed E-state index contributed by atoms with van der Waals surface area (Å²) in [6.07, 6.45) is -22.3. The van der Waals surface area contributed by atoms with Gasteiger partial charge in [-0.05, 0) is 54.8 Å². The minimum atomic E-state index is -1.87. The highest BCUT2D eigenvalue weighted by Gasteiger charge is 2.53. The van der Waals surface area contributed by atoms with Crippen LogP contribution in [0, 0.1) is 0 Å². The molecule has 0 radical (unpaired) electrons. The third kappa shape index (κ3) is 10.0. The monoisotopic (exact) mass is 800 g/mol. The van der Waals surface area contributed by atoms with Crippen LogP contribution in [0.5, 0.6) is 23.0 Å². The number of hydrogen-bond donors (Lipinski definition) is 11. The fourth-order valence-corrected chi connectivity index (χ4v) is 6.29. The Kier molecular flexibility index (Phi) is 14.9. The van der Waals surface area contributed by atoms with Gasteiger partial charge in [-0.1, -0.05) is 12.1 Å². The van der Waals surface area contributed by atoms with Crippen LogP contribution in [-0.4, -0.2) is 181 Å². The normalized spacial score (nSPS) is 36.4. The van der Waals surface area contributed by atoms with E-state index in [1.807, 2.05) is 0 Å². The molecule has 11 N–H and O–H groups in total. The number of methoxy groups -OCH3 is 1. The van der Waals surface area contributed by atoms with Crippen molar-refractivity contribution in [1.82, 2.24) is 0 Å². The van der Waals surface area contributed by atoms with Crippen molar-refractivity contribution in [3.8, 4) is 23.0 Å². The van der Waals surface area contributed by atoms with Gasteiger partial charge in [-0.15, -0.1) is 0 Å². The van der Waals surface area contributed by atoms with Crippen LogP contribution in [0.1, 0.15) is 18.1 Å². The zero-order chi connectivity index (χ0) is 40.8. The molecule has 0 amide bonds. The van der Waals surface area contributed by atoms with Crippen LogP contribution in [0.25, 0.3) is 6.08 Å². The molecule has 2 aromatic carbocycles. The fourth-order valence-electron chi connectivity index (χ4n) is 6.29. The third-order valence-corrected chi connectivity index (χ3v) is 9.57. The van der Waals surface area contributed by atoms with Crippen LogP contribution in [0.2, 0.25) is 0 Å². The van der Waals surface area contributed by atoms with Gasteiger partial charge in [0.15, 0.2) is 48.0 Å². The summed E-state index contributed by atoms with van der Waals surface area (Å²) in [4.78, 5) is 13.3. The predicted molar refractivity (Wildman–Crippen MR) is 185 cm³/mol. The van der Waals surface area contributed by atoms with Crippen LogP contribution in [0.15, 0.2) is 42.5 Å². The van der Waals surface area contributed by atoms with E-state index in [2.05, 4.69) is 0 Å². The Morgan fingerprint density at radius 1 is 0.714 bits per heavy atom. The summed E-state index contributed by atoms with van der Waals surface area (Å²) in [5.74, 6) is -1.84. The first-order chi connectivity index (χ1) is 26.6. The molecule has 20 nitrogen and oxygen atoms in total. The highest BCUT2D eigenvalue weighted by atomic mass is 16.8. The van der Waals surface area contributed by atoms with Crippen molar-refractivity contribution in [2.75, 3.05) is 26.9 Å². The van der Waals surface area contributed by atoms with E-state index in [0.29, 0.717) is 5.56 Å². The Bertz CT molecular complexity index is 1620. The molecule has 0 spiro atoms. The molecule has 3 aliphatic rings. The Balaban J connectivity index is 1.44. The molecule has 3 saturated heterocycles. The highest BCUT2D eigenvalue weighted by Crippen LogP contribution is 2.33. The second-order valence-electron chi connectivity index (χ2n) is 13.5. The molecule has 0 saturated carbocycles. The number of aliphatic hydroxyl groups is 8. The maximum Gasteiger partial charge on any atom is 0.331 e. The van der Waals surface area contributed by atoms with Crippen LogP contribution >= 0.6 is 0 Å². The van der Waals surface area contributed by atoms with Gasteiger partial charge < -0.3 is 94.1 Å². The van der Waals surface area contributed by atoms with Gasteiger partial charge in [0.05, 0.1) is 33.0 Å². The molecule has 56 heavy (non-hydrogen) atoms. The molecule has 312 valence electrons. The molecular formula is C36H48O20. The van der Waals surface area contributed by atoms with Crippen molar-refractivity contribution in [2.45, 2.75) is 105 Å². The molecular weight excluding hydrogens is 752 g/mol. The summed E-state index contributed by atoms with van der Waals surface area (Å²) < 4.78 is 45.6. The summed E-state index contributed by atoms with van der Waals surface area (Å²) in [6, 6.07) is 8.31. The largest absolute Gasteiger partial charge is 0.504 e. The average molecular weight is 801 g/mol. The zero-order valence-electron chi connectivity index (χ0n) is 30.2. The number of rotatable bonds is 14. The van der Waals surface area contributed by atoms with Gasteiger partial charge >= 0.3 is 5.97 Å². The first kappa shape index (κ1) is 43.4. The quantitative estimate of drug-likeness (QED) is 0.0519. The maximum atomic E-state index is 13.3. The smallest absolute Gasteiger partial charge is 0.331 e. The fraction of sp³-hybridized carbons (Fsp3) is 0.583. The standard InChI is InChI=1S/C36H48O20/c1-15-25(42)27(44)30(47)36(52-15)56-33-31(48)35(50-10-9-17-4-7-19(39)21(12-17)49-2)54-23(14-51-34-29(46)28(45)26(43)22(13-37)53-34)32(33)55-24(41)8-5-16-3-6-18(38)20(40)11-16/h3-8,11-12,15,22-23,25-40,42-48H,9-10,13-14H2,1-2H3/b8-5+/t15-,22+,23+,25-,26+,27+,28-,29+,30+,31+,32+,33+,34+,35+,36-/m0/s1. The van der Waals surface area contributed by atoms with E-state index in [4.69, 9.17) is 37.9 Å². The van der Waals surface area contributed by atoms with Crippen molar-refractivity contribution < 1.29 is 98.9 Å².